The first kappa shape index (κ1) is 12.9. The normalized spacial score (nSPS) is 10.1. The van der Waals surface area contributed by atoms with Crippen LogP contribution >= 0.6 is 43.5 Å². The number of Topliss-reactive ketones (excluding diaryl/α,β-unsaturated/α-hetero) is 1. The number of benzene rings is 1. The molecule has 0 aliphatic carbocycles. The third-order valence-electron chi connectivity index (χ3n) is 1.77. The highest BCUT2D eigenvalue weighted by molar-refractivity contribution is 9.10. The molecule has 0 saturated carbocycles. The molecule has 0 amide bonds. The van der Waals surface area contributed by atoms with Crippen LogP contribution in [0.1, 0.15) is 27.1 Å². The second-order valence-electron chi connectivity index (χ2n) is 2.86. The van der Waals surface area contributed by atoms with Crippen LogP contribution in [0.4, 0.5) is 0 Å². The van der Waals surface area contributed by atoms with Crippen molar-refractivity contribution in [2.24, 2.45) is 0 Å². The molecule has 0 aromatic heterocycles. The van der Waals surface area contributed by atoms with Crippen LogP contribution in [0.5, 0.6) is 0 Å². The van der Waals surface area contributed by atoms with Gasteiger partial charge < -0.3 is 0 Å². The second kappa shape index (κ2) is 5.77. The molecular weight excluding hydrogens is 347 g/mol. The first-order valence-corrected chi connectivity index (χ1v) is 6.43. The van der Waals surface area contributed by atoms with E-state index in [9.17, 15) is 9.59 Å². The van der Waals surface area contributed by atoms with Crippen molar-refractivity contribution in [3.05, 3.63) is 33.8 Å². The lowest BCUT2D eigenvalue weighted by Gasteiger charge is -2.02. The fourth-order valence-corrected chi connectivity index (χ4v) is 2.06. The lowest BCUT2D eigenvalue weighted by molar-refractivity contribution is 0.0990. The van der Waals surface area contributed by atoms with Gasteiger partial charge in [0.05, 0.1) is 0 Å². The zero-order valence-corrected chi connectivity index (χ0v) is 11.5. The number of halogens is 3. The maximum atomic E-state index is 11.6. The molecule has 0 spiro atoms. The molecule has 0 fully saturated rings. The van der Waals surface area contributed by atoms with E-state index in [1.165, 1.54) is 6.07 Å². The molecule has 0 atom stereocenters. The maximum Gasteiger partial charge on any atom is 0.252 e. The zero-order chi connectivity index (χ0) is 11.4. The highest BCUT2D eigenvalue weighted by atomic mass is 79.9. The predicted molar refractivity (Wildman–Crippen MR) is 67.1 cm³/mol. The van der Waals surface area contributed by atoms with E-state index in [1.807, 2.05) is 0 Å². The minimum Gasteiger partial charge on any atom is -0.294 e. The summed E-state index contributed by atoms with van der Waals surface area (Å²) < 4.78 is 0.673. The average molecular weight is 354 g/mol. The summed E-state index contributed by atoms with van der Waals surface area (Å²) in [6.45, 7) is 0. The van der Waals surface area contributed by atoms with Gasteiger partial charge in [0, 0.05) is 27.4 Å². The lowest BCUT2D eigenvalue weighted by atomic mass is 10.1. The van der Waals surface area contributed by atoms with E-state index in [2.05, 4.69) is 31.9 Å². The Morgan fingerprint density at radius 3 is 2.33 bits per heavy atom. The SMILES string of the molecule is O=C(Cl)c1cc(Br)cc(C(=O)CCBr)c1. The summed E-state index contributed by atoms with van der Waals surface area (Å²) >= 11 is 11.8. The van der Waals surface area contributed by atoms with Gasteiger partial charge in [-0.25, -0.2) is 0 Å². The van der Waals surface area contributed by atoms with Gasteiger partial charge in [0.2, 0.25) is 0 Å². The smallest absolute Gasteiger partial charge is 0.252 e. The number of carbonyl (C=O) groups is 2. The molecule has 5 heteroatoms. The van der Waals surface area contributed by atoms with Crippen LogP contribution in [0.3, 0.4) is 0 Å². The molecule has 1 aromatic rings. The first-order chi connectivity index (χ1) is 7.04. The molecule has 0 radical (unpaired) electrons. The lowest BCUT2D eigenvalue weighted by Crippen LogP contribution is -2.01. The fraction of sp³-hybridized carbons (Fsp3) is 0.200. The van der Waals surface area contributed by atoms with Crippen LogP contribution in [0, 0.1) is 0 Å². The first-order valence-electron chi connectivity index (χ1n) is 4.14. The molecule has 0 heterocycles. The third-order valence-corrected chi connectivity index (χ3v) is 2.84. The van der Waals surface area contributed by atoms with Crippen LogP contribution in [0.2, 0.25) is 0 Å². The Hall–Kier alpha value is -0.190. The second-order valence-corrected chi connectivity index (χ2v) is 4.92. The molecule has 0 bridgehead atoms. The maximum absolute atomic E-state index is 11.6. The van der Waals surface area contributed by atoms with E-state index in [4.69, 9.17) is 11.6 Å². The van der Waals surface area contributed by atoms with Gasteiger partial charge in [0.1, 0.15) is 0 Å². The standard InChI is InChI=1S/C10H7Br2ClO2/c11-2-1-9(14)6-3-7(10(13)15)5-8(12)4-6/h3-5H,1-2H2. The van der Waals surface area contributed by atoms with Crippen molar-refractivity contribution in [2.75, 3.05) is 5.33 Å². The van der Waals surface area contributed by atoms with Crippen LogP contribution in [0.25, 0.3) is 0 Å². The predicted octanol–water partition coefficient (Wildman–Crippen LogP) is 3.80. The minimum atomic E-state index is -0.566. The van der Waals surface area contributed by atoms with Crippen LogP contribution in [-0.2, 0) is 0 Å². The van der Waals surface area contributed by atoms with E-state index >= 15 is 0 Å². The molecule has 15 heavy (non-hydrogen) atoms. The van der Waals surface area contributed by atoms with E-state index in [-0.39, 0.29) is 5.78 Å². The topological polar surface area (TPSA) is 34.1 Å². The van der Waals surface area contributed by atoms with E-state index in [0.29, 0.717) is 27.4 Å². The molecule has 0 saturated heterocycles. The molecule has 0 aliphatic rings. The zero-order valence-electron chi connectivity index (χ0n) is 7.60. The summed E-state index contributed by atoms with van der Waals surface area (Å²) in [4.78, 5) is 22.5. The monoisotopic (exact) mass is 352 g/mol. The van der Waals surface area contributed by atoms with Crippen LogP contribution in [0.15, 0.2) is 22.7 Å². The Labute approximate surface area is 109 Å². The Morgan fingerprint density at radius 2 is 1.80 bits per heavy atom. The summed E-state index contributed by atoms with van der Waals surface area (Å²) in [7, 11) is 0. The minimum absolute atomic E-state index is 0.0210. The van der Waals surface area contributed by atoms with Crippen LogP contribution in [-0.4, -0.2) is 16.4 Å². The molecular formula is C10H7Br2ClO2. The Balaban J connectivity index is 3.09. The Kier molecular flexibility index (Phi) is 4.96. The Morgan fingerprint density at radius 1 is 1.20 bits per heavy atom. The van der Waals surface area contributed by atoms with Gasteiger partial charge in [0.25, 0.3) is 5.24 Å². The largest absolute Gasteiger partial charge is 0.294 e. The van der Waals surface area contributed by atoms with Crippen molar-refractivity contribution in [3.8, 4) is 0 Å². The van der Waals surface area contributed by atoms with Crippen molar-refractivity contribution >= 4 is 54.5 Å². The number of rotatable bonds is 4. The number of alkyl halides is 1. The fourth-order valence-electron chi connectivity index (χ4n) is 1.09. The van der Waals surface area contributed by atoms with Crippen molar-refractivity contribution < 1.29 is 9.59 Å². The third kappa shape index (κ3) is 3.70. The number of ketones is 1. The molecule has 0 unspecified atom stereocenters. The summed E-state index contributed by atoms with van der Waals surface area (Å²) in [6, 6.07) is 4.76. The molecule has 80 valence electrons. The van der Waals surface area contributed by atoms with Crippen LogP contribution < -0.4 is 0 Å². The van der Waals surface area contributed by atoms with Gasteiger partial charge in [-0.15, -0.1) is 0 Å². The average Bonchev–Trinajstić information content (AvgIpc) is 2.17. The molecule has 1 aromatic carbocycles. The Bertz CT molecular complexity index is 404. The summed E-state index contributed by atoms with van der Waals surface area (Å²) in [5.41, 5.74) is 0.816. The number of hydrogen-bond acceptors (Lipinski definition) is 2. The quantitative estimate of drug-likeness (QED) is 0.468. The highest BCUT2D eigenvalue weighted by Crippen LogP contribution is 2.18. The highest BCUT2D eigenvalue weighted by Gasteiger charge is 2.10. The van der Waals surface area contributed by atoms with Gasteiger partial charge in [-0.1, -0.05) is 31.9 Å². The number of carbonyl (C=O) groups excluding carboxylic acids is 2. The van der Waals surface area contributed by atoms with Gasteiger partial charge in [-0.2, -0.15) is 0 Å². The summed E-state index contributed by atoms with van der Waals surface area (Å²) in [5.74, 6) is -0.0210. The van der Waals surface area contributed by atoms with E-state index in [1.54, 1.807) is 12.1 Å². The summed E-state index contributed by atoms with van der Waals surface area (Å²) in [6.07, 6.45) is 0.395. The molecule has 2 nitrogen and oxygen atoms in total. The van der Waals surface area contributed by atoms with Gasteiger partial charge in [-0.05, 0) is 29.8 Å². The summed E-state index contributed by atoms with van der Waals surface area (Å²) in [5, 5.41) is 0.0341. The number of hydrogen-bond donors (Lipinski definition) is 0. The van der Waals surface area contributed by atoms with Gasteiger partial charge >= 0.3 is 0 Å². The van der Waals surface area contributed by atoms with E-state index < -0.39 is 5.24 Å². The molecule has 0 aliphatic heterocycles. The van der Waals surface area contributed by atoms with Crippen molar-refractivity contribution in [3.63, 3.8) is 0 Å². The van der Waals surface area contributed by atoms with E-state index in [0.717, 1.165) is 0 Å². The van der Waals surface area contributed by atoms with Crippen molar-refractivity contribution in [2.45, 2.75) is 6.42 Å². The van der Waals surface area contributed by atoms with Gasteiger partial charge in [0.15, 0.2) is 5.78 Å². The van der Waals surface area contributed by atoms with Crippen molar-refractivity contribution in [1.82, 2.24) is 0 Å². The molecule has 1 rings (SSSR count). The van der Waals surface area contributed by atoms with Crippen molar-refractivity contribution in [1.29, 1.82) is 0 Å². The molecule has 0 N–H and O–H groups in total. The van der Waals surface area contributed by atoms with Gasteiger partial charge in [-0.3, -0.25) is 9.59 Å².